The fourth-order valence-corrected chi connectivity index (χ4v) is 1.66. The summed E-state index contributed by atoms with van der Waals surface area (Å²) in [7, 11) is 0. The average molecular weight is 244 g/mol. The van der Waals surface area contributed by atoms with Gasteiger partial charge in [0.1, 0.15) is 5.60 Å². The lowest BCUT2D eigenvalue weighted by molar-refractivity contribution is 0.0520. The van der Waals surface area contributed by atoms with Crippen LogP contribution in [0.15, 0.2) is 0 Å². The molecule has 1 amide bonds. The quantitative estimate of drug-likeness (QED) is 0.731. The van der Waals surface area contributed by atoms with Gasteiger partial charge in [0.25, 0.3) is 0 Å². The van der Waals surface area contributed by atoms with Crippen molar-refractivity contribution in [3.05, 3.63) is 0 Å². The minimum Gasteiger partial charge on any atom is -0.444 e. The van der Waals surface area contributed by atoms with E-state index in [0.29, 0.717) is 19.1 Å². The highest BCUT2D eigenvalue weighted by Gasteiger charge is 2.28. The van der Waals surface area contributed by atoms with Gasteiger partial charge in [-0.25, -0.2) is 4.79 Å². The predicted molar refractivity (Wildman–Crippen MR) is 65.9 cm³/mol. The lowest BCUT2D eigenvalue weighted by Gasteiger charge is -2.22. The first-order valence-electron chi connectivity index (χ1n) is 6.24. The van der Waals surface area contributed by atoms with E-state index in [4.69, 9.17) is 9.84 Å². The fraction of sp³-hybridized carbons (Fsp3) is 0.917. The van der Waals surface area contributed by atoms with Gasteiger partial charge in [-0.3, -0.25) is 4.90 Å². The van der Waals surface area contributed by atoms with Gasteiger partial charge in [-0.15, -0.1) is 0 Å². The molecule has 5 heteroatoms. The molecule has 1 saturated carbocycles. The predicted octanol–water partition coefficient (Wildman–Crippen LogP) is 0.968. The number of hydrogen-bond acceptors (Lipinski definition) is 4. The topological polar surface area (TPSA) is 61.8 Å². The van der Waals surface area contributed by atoms with Crippen LogP contribution in [0, 0.1) is 0 Å². The van der Waals surface area contributed by atoms with Crippen LogP contribution in [-0.2, 0) is 4.74 Å². The Morgan fingerprint density at radius 3 is 2.53 bits per heavy atom. The first-order chi connectivity index (χ1) is 7.92. The zero-order chi connectivity index (χ0) is 12.9. The molecule has 0 atom stereocenters. The van der Waals surface area contributed by atoms with E-state index in [2.05, 4.69) is 10.2 Å². The fourth-order valence-electron chi connectivity index (χ4n) is 1.66. The third kappa shape index (κ3) is 6.48. The molecule has 0 spiro atoms. The summed E-state index contributed by atoms with van der Waals surface area (Å²) in [5.74, 6) is 0. The van der Waals surface area contributed by atoms with Crippen LogP contribution in [0.5, 0.6) is 0 Å². The number of alkyl carbamates (subject to hydrolysis) is 1. The molecule has 0 bridgehead atoms. The molecular weight excluding hydrogens is 220 g/mol. The van der Waals surface area contributed by atoms with Crippen molar-refractivity contribution in [2.24, 2.45) is 0 Å². The van der Waals surface area contributed by atoms with Gasteiger partial charge < -0.3 is 15.2 Å². The Balaban J connectivity index is 2.15. The molecule has 0 unspecified atom stereocenters. The molecule has 17 heavy (non-hydrogen) atoms. The lowest BCUT2D eigenvalue weighted by atomic mass is 10.2. The van der Waals surface area contributed by atoms with Crippen LogP contribution in [-0.4, -0.2) is 54.0 Å². The Labute approximate surface area is 103 Å². The number of nitrogens with one attached hydrogen (secondary N) is 1. The molecule has 1 rings (SSSR count). The molecule has 0 aromatic rings. The number of rotatable bonds is 6. The second kappa shape index (κ2) is 6.21. The van der Waals surface area contributed by atoms with Gasteiger partial charge >= 0.3 is 6.09 Å². The van der Waals surface area contributed by atoms with E-state index in [0.717, 1.165) is 6.54 Å². The van der Waals surface area contributed by atoms with E-state index in [-0.39, 0.29) is 12.7 Å². The molecule has 0 aliphatic heterocycles. The summed E-state index contributed by atoms with van der Waals surface area (Å²) >= 11 is 0. The summed E-state index contributed by atoms with van der Waals surface area (Å²) in [4.78, 5) is 13.6. The van der Waals surface area contributed by atoms with Gasteiger partial charge in [0.15, 0.2) is 0 Å². The third-order valence-corrected chi connectivity index (χ3v) is 2.52. The maximum absolute atomic E-state index is 11.4. The van der Waals surface area contributed by atoms with E-state index >= 15 is 0 Å². The molecule has 2 N–H and O–H groups in total. The Morgan fingerprint density at radius 1 is 1.41 bits per heavy atom. The standard InChI is InChI=1S/C12H24N2O3/c1-12(2,3)17-11(16)13-6-7-14(8-9-15)10-4-5-10/h10,15H,4-9H2,1-3H3,(H,13,16). The van der Waals surface area contributed by atoms with E-state index in [1.165, 1.54) is 12.8 Å². The smallest absolute Gasteiger partial charge is 0.407 e. The number of carbonyl (C=O) groups excluding carboxylic acids is 1. The summed E-state index contributed by atoms with van der Waals surface area (Å²) in [6.45, 7) is 7.71. The number of hydrogen-bond donors (Lipinski definition) is 2. The van der Waals surface area contributed by atoms with Crippen LogP contribution >= 0.6 is 0 Å². The van der Waals surface area contributed by atoms with E-state index in [9.17, 15) is 4.79 Å². The summed E-state index contributed by atoms with van der Waals surface area (Å²) < 4.78 is 5.14. The van der Waals surface area contributed by atoms with Gasteiger partial charge in [-0.05, 0) is 33.6 Å². The van der Waals surface area contributed by atoms with E-state index < -0.39 is 5.60 Å². The van der Waals surface area contributed by atoms with Gasteiger partial charge in [-0.2, -0.15) is 0 Å². The minimum atomic E-state index is -0.453. The van der Waals surface area contributed by atoms with Crippen molar-refractivity contribution < 1.29 is 14.6 Å². The summed E-state index contributed by atoms with van der Waals surface area (Å²) in [6.07, 6.45) is 2.02. The monoisotopic (exact) mass is 244 g/mol. The maximum atomic E-state index is 11.4. The number of ether oxygens (including phenoxy) is 1. The van der Waals surface area contributed by atoms with Crippen LogP contribution in [0.25, 0.3) is 0 Å². The second-order valence-corrected chi connectivity index (χ2v) is 5.42. The number of aliphatic hydroxyl groups excluding tert-OH is 1. The molecule has 100 valence electrons. The molecule has 1 fully saturated rings. The van der Waals surface area contributed by atoms with Gasteiger partial charge in [0.05, 0.1) is 6.61 Å². The van der Waals surface area contributed by atoms with Crippen LogP contribution in [0.4, 0.5) is 4.79 Å². The molecule has 5 nitrogen and oxygen atoms in total. The second-order valence-electron chi connectivity index (χ2n) is 5.42. The van der Waals surface area contributed by atoms with Gasteiger partial charge in [0, 0.05) is 25.7 Å². The summed E-state index contributed by atoms with van der Waals surface area (Å²) in [5, 5.41) is 11.6. The third-order valence-electron chi connectivity index (χ3n) is 2.52. The van der Waals surface area contributed by atoms with Crippen molar-refractivity contribution in [3.8, 4) is 0 Å². The number of amides is 1. The molecule has 1 aliphatic carbocycles. The molecule has 0 aromatic heterocycles. The summed E-state index contributed by atoms with van der Waals surface area (Å²) in [6, 6.07) is 0.600. The zero-order valence-electron chi connectivity index (χ0n) is 11.0. The first-order valence-corrected chi connectivity index (χ1v) is 6.24. The minimum absolute atomic E-state index is 0.170. The molecule has 0 heterocycles. The largest absolute Gasteiger partial charge is 0.444 e. The molecule has 0 aromatic carbocycles. The number of nitrogens with zero attached hydrogens (tertiary/aromatic N) is 1. The zero-order valence-corrected chi connectivity index (χ0v) is 11.0. The summed E-state index contributed by atoms with van der Waals surface area (Å²) in [5.41, 5.74) is -0.453. The average Bonchev–Trinajstić information content (AvgIpc) is 2.96. The Hall–Kier alpha value is -0.810. The van der Waals surface area contributed by atoms with E-state index in [1.54, 1.807) is 0 Å². The SMILES string of the molecule is CC(C)(C)OC(=O)NCCN(CCO)C1CC1. The van der Waals surface area contributed by atoms with Crippen LogP contribution in [0.3, 0.4) is 0 Å². The van der Waals surface area contributed by atoms with Gasteiger partial charge in [0.2, 0.25) is 0 Å². The van der Waals surface area contributed by atoms with E-state index in [1.807, 2.05) is 20.8 Å². The Morgan fingerprint density at radius 2 is 2.06 bits per heavy atom. The normalized spacial score (nSPS) is 16.1. The van der Waals surface area contributed by atoms with Crippen LogP contribution < -0.4 is 5.32 Å². The molecule has 0 saturated heterocycles. The van der Waals surface area contributed by atoms with Crippen LogP contribution in [0.1, 0.15) is 33.6 Å². The molecular formula is C12H24N2O3. The maximum Gasteiger partial charge on any atom is 0.407 e. The van der Waals surface area contributed by atoms with Crippen molar-refractivity contribution in [1.82, 2.24) is 10.2 Å². The number of aliphatic hydroxyl groups is 1. The Kier molecular flexibility index (Phi) is 5.21. The van der Waals surface area contributed by atoms with Gasteiger partial charge in [-0.1, -0.05) is 0 Å². The highest BCUT2D eigenvalue weighted by Crippen LogP contribution is 2.25. The lowest BCUT2D eigenvalue weighted by Crippen LogP contribution is -2.39. The van der Waals surface area contributed by atoms with Crippen molar-refractivity contribution in [1.29, 1.82) is 0 Å². The van der Waals surface area contributed by atoms with Crippen molar-refractivity contribution in [2.75, 3.05) is 26.2 Å². The molecule has 0 radical (unpaired) electrons. The Bertz CT molecular complexity index is 247. The molecule has 1 aliphatic rings. The van der Waals surface area contributed by atoms with Crippen molar-refractivity contribution >= 4 is 6.09 Å². The number of carbonyl (C=O) groups is 1. The highest BCUT2D eigenvalue weighted by molar-refractivity contribution is 5.67. The first kappa shape index (κ1) is 14.3. The van der Waals surface area contributed by atoms with Crippen molar-refractivity contribution in [3.63, 3.8) is 0 Å². The van der Waals surface area contributed by atoms with Crippen LogP contribution in [0.2, 0.25) is 0 Å². The highest BCUT2D eigenvalue weighted by atomic mass is 16.6. The van der Waals surface area contributed by atoms with Crippen molar-refractivity contribution in [2.45, 2.75) is 45.3 Å².